The zero-order chi connectivity index (χ0) is 24.9. The molecule has 1 amide bonds. The van der Waals surface area contributed by atoms with E-state index in [1.165, 1.54) is 35.6 Å². The smallest absolute Gasteiger partial charge is 0.243 e. The van der Waals surface area contributed by atoms with E-state index < -0.39 is 26.0 Å². The maximum Gasteiger partial charge on any atom is 0.243 e. The molecule has 0 aromatic heterocycles. The van der Waals surface area contributed by atoms with E-state index in [-0.39, 0.29) is 22.9 Å². The van der Waals surface area contributed by atoms with Gasteiger partial charge in [-0.2, -0.15) is 8.61 Å². The Hall–Kier alpha value is -2.47. The topological polar surface area (TPSA) is 113 Å². The Morgan fingerprint density at radius 3 is 2.24 bits per heavy atom. The van der Waals surface area contributed by atoms with E-state index in [2.05, 4.69) is 5.32 Å². The maximum atomic E-state index is 12.8. The van der Waals surface area contributed by atoms with Gasteiger partial charge in [-0.1, -0.05) is 12.1 Å². The number of hydrogen-bond acceptors (Lipinski definition) is 6. The first-order chi connectivity index (χ1) is 16.1. The number of nitrogens with zero attached hydrogens (tertiary/aromatic N) is 2. The molecule has 0 bridgehead atoms. The standard InChI is InChI=1S/C23H31N3O6S2/c1-4-32-22-12-11-21(15-18(22)2)33(28,29)25(3)17-23(27)24-16-19-7-9-20(10-8-19)34(30,31)26-13-5-6-14-26/h7-12,15H,4-6,13-14,16-17H2,1-3H3,(H,24,27). The molecular weight excluding hydrogens is 478 g/mol. The summed E-state index contributed by atoms with van der Waals surface area (Å²) < 4.78 is 58.8. The molecule has 3 rings (SSSR count). The molecule has 0 spiro atoms. The van der Waals surface area contributed by atoms with Crippen molar-refractivity contribution in [1.29, 1.82) is 0 Å². The molecule has 186 valence electrons. The summed E-state index contributed by atoms with van der Waals surface area (Å²) in [5, 5.41) is 2.68. The molecule has 1 aliphatic rings. The average Bonchev–Trinajstić information content (AvgIpc) is 3.35. The summed E-state index contributed by atoms with van der Waals surface area (Å²) in [6, 6.07) is 10.9. The van der Waals surface area contributed by atoms with Crippen molar-refractivity contribution < 1.29 is 26.4 Å². The lowest BCUT2D eigenvalue weighted by atomic mass is 10.2. The Morgan fingerprint density at radius 1 is 1.03 bits per heavy atom. The van der Waals surface area contributed by atoms with Gasteiger partial charge in [0.25, 0.3) is 0 Å². The van der Waals surface area contributed by atoms with Crippen LogP contribution in [0, 0.1) is 6.92 Å². The largest absolute Gasteiger partial charge is 0.494 e. The number of hydrogen-bond donors (Lipinski definition) is 1. The Kier molecular flexibility index (Phi) is 8.34. The zero-order valence-electron chi connectivity index (χ0n) is 19.7. The van der Waals surface area contributed by atoms with E-state index in [0.717, 1.165) is 17.1 Å². The molecule has 1 N–H and O–H groups in total. The van der Waals surface area contributed by atoms with Gasteiger partial charge in [-0.25, -0.2) is 16.8 Å². The quantitative estimate of drug-likeness (QED) is 0.525. The van der Waals surface area contributed by atoms with Crippen LogP contribution in [0.5, 0.6) is 5.75 Å². The first kappa shape index (κ1) is 26.1. The van der Waals surface area contributed by atoms with E-state index >= 15 is 0 Å². The van der Waals surface area contributed by atoms with Crippen LogP contribution in [0.1, 0.15) is 30.9 Å². The first-order valence-electron chi connectivity index (χ1n) is 11.1. The molecule has 0 radical (unpaired) electrons. The van der Waals surface area contributed by atoms with Gasteiger partial charge in [0.05, 0.1) is 22.9 Å². The number of benzene rings is 2. The van der Waals surface area contributed by atoms with Crippen molar-refractivity contribution in [3.63, 3.8) is 0 Å². The number of aryl methyl sites for hydroxylation is 1. The molecule has 2 aromatic rings. The lowest BCUT2D eigenvalue weighted by Crippen LogP contribution is -2.38. The van der Waals surface area contributed by atoms with Crippen LogP contribution in [0.4, 0.5) is 0 Å². The fourth-order valence-electron chi connectivity index (χ4n) is 3.68. The van der Waals surface area contributed by atoms with Crippen molar-refractivity contribution in [2.24, 2.45) is 0 Å². The lowest BCUT2D eigenvalue weighted by molar-refractivity contribution is -0.121. The van der Waals surface area contributed by atoms with Crippen LogP contribution in [0.15, 0.2) is 52.3 Å². The molecule has 1 aliphatic heterocycles. The highest BCUT2D eigenvalue weighted by molar-refractivity contribution is 7.89. The van der Waals surface area contributed by atoms with Crippen LogP contribution >= 0.6 is 0 Å². The van der Waals surface area contributed by atoms with E-state index in [9.17, 15) is 21.6 Å². The average molecular weight is 510 g/mol. The van der Waals surface area contributed by atoms with Gasteiger partial charge in [-0.3, -0.25) is 4.79 Å². The van der Waals surface area contributed by atoms with Gasteiger partial charge in [0.2, 0.25) is 26.0 Å². The number of amides is 1. The first-order valence-corrected chi connectivity index (χ1v) is 14.0. The summed E-state index contributed by atoms with van der Waals surface area (Å²) in [5.41, 5.74) is 1.40. The van der Waals surface area contributed by atoms with E-state index in [0.29, 0.717) is 36.6 Å². The highest BCUT2D eigenvalue weighted by Crippen LogP contribution is 2.24. The summed E-state index contributed by atoms with van der Waals surface area (Å²) in [5.74, 6) is 0.142. The molecule has 34 heavy (non-hydrogen) atoms. The second-order valence-electron chi connectivity index (χ2n) is 8.15. The van der Waals surface area contributed by atoms with Gasteiger partial charge in [0.1, 0.15) is 5.75 Å². The Morgan fingerprint density at radius 2 is 1.65 bits per heavy atom. The highest BCUT2D eigenvalue weighted by Gasteiger charge is 2.27. The van der Waals surface area contributed by atoms with Crippen molar-refractivity contribution in [1.82, 2.24) is 13.9 Å². The molecule has 0 atom stereocenters. The van der Waals surface area contributed by atoms with Crippen LogP contribution < -0.4 is 10.1 Å². The van der Waals surface area contributed by atoms with Crippen molar-refractivity contribution in [3.05, 3.63) is 53.6 Å². The van der Waals surface area contributed by atoms with Crippen LogP contribution in [0.2, 0.25) is 0 Å². The molecule has 0 aliphatic carbocycles. The molecule has 2 aromatic carbocycles. The Labute approximate surface area is 201 Å². The Balaban J connectivity index is 1.57. The number of ether oxygens (including phenoxy) is 1. The van der Waals surface area contributed by atoms with E-state index in [1.54, 1.807) is 25.1 Å². The van der Waals surface area contributed by atoms with E-state index in [1.807, 2.05) is 6.92 Å². The van der Waals surface area contributed by atoms with Gasteiger partial charge in [-0.15, -0.1) is 0 Å². The van der Waals surface area contributed by atoms with Crippen LogP contribution in [-0.2, 0) is 31.4 Å². The minimum absolute atomic E-state index is 0.0820. The Bertz CT molecular complexity index is 1220. The fraction of sp³-hybridized carbons (Fsp3) is 0.435. The molecule has 9 nitrogen and oxygen atoms in total. The summed E-state index contributed by atoms with van der Waals surface area (Å²) >= 11 is 0. The van der Waals surface area contributed by atoms with Gasteiger partial charge in [-0.05, 0) is 68.1 Å². The maximum absolute atomic E-state index is 12.8. The normalized spacial score (nSPS) is 14.9. The van der Waals surface area contributed by atoms with Gasteiger partial charge in [0, 0.05) is 26.7 Å². The van der Waals surface area contributed by atoms with Gasteiger partial charge >= 0.3 is 0 Å². The predicted octanol–water partition coefficient (Wildman–Crippen LogP) is 2.12. The van der Waals surface area contributed by atoms with Crippen molar-refractivity contribution in [2.75, 3.05) is 33.3 Å². The number of rotatable bonds is 10. The molecule has 0 saturated carbocycles. The minimum atomic E-state index is -3.86. The minimum Gasteiger partial charge on any atom is -0.494 e. The van der Waals surface area contributed by atoms with Crippen LogP contribution in [0.3, 0.4) is 0 Å². The molecule has 11 heteroatoms. The van der Waals surface area contributed by atoms with Crippen molar-refractivity contribution >= 4 is 26.0 Å². The van der Waals surface area contributed by atoms with Crippen molar-refractivity contribution in [3.8, 4) is 5.75 Å². The number of likely N-dealkylation sites (N-methyl/N-ethyl adjacent to an activating group) is 1. The molecule has 0 unspecified atom stereocenters. The molecule has 1 heterocycles. The second kappa shape index (κ2) is 10.9. The third-order valence-corrected chi connectivity index (χ3v) is 9.35. The predicted molar refractivity (Wildman–Crippen MR) is 128 cm³/mol. The molecular formula is C23H31N3O6S2. The number of nitrogens with one attached hydrogen (secondary N) is 1. The lowest BCUT2D eigenvalue weighted by Gasteiger charge is -2.18. The highest BCUT2D eigenvalue weighted by atomic mass is 32.2. The summed E-state index contributed by atoms with van der Waals surface area (Å²) in [6.45, 7) is 4.96. The second-order valence-corrected chi connectivity index (χ2v) is 12.1. The van der Waals surface area contributed by atoms with Crippen LogP contribution in [-0.4, -0.2) is 64.6 Å². The summed E-state index contributed by atoms with van der Waals surface area (Å²) in [7, 11) is -6.00. The van der Waals surface area contributed by atoms with Crippen LogP contribution in [0.25, 0.3) is 0 Å². The number of carbonyl (C=O) groups excluding carboxylic acids is 1. The van der Waals surface area contributed by atoms with E-state index in [4.69, 9.17) is 4.74 Å². The zero-order valence-corrected chi connectivity index (χ0v) is 21.3. The van der Waals surface area contributed by atoms with Crippen molar-refractivity contribution in [2.45, 2.75) is 43.0 Å². The van der Waals surface area contributed by atoms with Gasteiger partial charge < -0.3 is 10.1 Å². The molecule has 1 saturated heterocycles. The summed E-state index contributed by atoms with van der Waals surface area (Å²) in [4.78, 5) is 12.7. The molecule has 1 fully saturated rings. The fourth-order valence-corrected chi connectivity index (χ4v) is 6.41. The third kappa shape index (κ3) is 5.96. The number of sulfonamides is 2. The third-order valence-electron chi connectivity index (χ3n) is 5.64. The number of carbonyl (C=O) groups is 1. The monoisotopic (exact) mass is 509 g/mol. The van der Waals surface area contributed by atoms with Gasteiger partial charge in [0.15, 0.2) is 0 Å². The SMILES string of the molecule is CCOc1ccc(S(=O)(=O)N(C)CC(=O)NCc2ccc(S(=O)(=O)N3CCCC3)cc2)cc1C. The summed E-state index contributed by atoms with van der Waals surface area (Å²) in [6.07, 6.45) is 1.73.